The molecule has 0 aromatic heterocycles. The number of fused-ring (bicyclic) bond motifs is 2. The van der Waals surface area contributed by atoms with Crippen molar-refractivity contribution in [2.75, 3.05) is 13.2 Å². The van der Waals surface area contributed by atoms with E-state index in [1.807, 2.05) is 0 Å². The van der Waals surface area contributed by atoms with Crippen molar-refractivity contribution in [2.24, 2.45) is 17.8 Å². The number of aliphatic hydroxyl groups is 1. The zero-order valence-corrected chi connectivity index (χ0v) is 12.6. The number of hydrogen-bond donors (Lipinski definition) is 1. The molecule has 1 saturated heterocycles. The highest BCUT2D eigenvalue weighted by molar-refractivity contribution is 5.87. The van der Waals surface area contributed by atoms with Gasteiger partial charge in [-0.3, -0.25) is 9.59 Å². The van der Waals surface area contributed by atoms with Gasteiger partial charge in [0, 0.05) is 11.5 Å². The summed E-state index contributed by atoms with van der Waals surface area (Å²) >= 11 is 0. The molecular formula is C15H20O7. The Morgan fingerprint density at radius 2 is 2.00 bits per heavy atom. The van der Waals surface area contributed by atoms with Crippen LogP contribution < -0.4 is 0 Å². The lowest BCUT2D eigenvalue weighted by atomic mass is 9.72. The van der Waals surface area contributed by atoms with Gasteiger partial charge in [0.2, 0.25) is 0 Å². The van der Waals surface area contributed by atoms with Crippen LogP contribution in [0.3, 0.4) is 0 Å². The van der Waals surface area contributed by atoms with Crippen molar-refractivity contribution in [3.05, 3.63) is 12.2 Å². The first kappa shape index (κ1) is 16.5. The Bertz CT molecular complexity index is 498. The largest absolute Gasteiger partial charge is 0.462 e. The molecule has 1 N–H and O–H groups in total. The molecule has 7 heteroatoms. The second-order valence-electron chi connectivity index (χ2n) is 5.78. The third kappa shape index (κ3) is 3.14. The molecule has 0 aromatic carbocycles. The van der Waals surface area contributed by atoms with Gasteiger partial charge < -0.3 is 19.3 Å². The number of esters is 3. The highest BCUT2D eigenvalue weighted by atomic mass is 16.6. The van der Waals surface area contributed by atoms with E-state index in [-0.39, 0.29) is 31.1 Å². The van der Waals surface area contributed by atoms with Crippen molar-refractivity contribution >= 4 is 17.9 Å². The summed E-state index contributed by atoms with van der Waals surface area (Å²) in [5.74, 6) is -3.15. The first-order valence-electron chi connectivity index (χ1n) is 7.20. The van der Waals surface area contributed by atoms with Crippen LogP contribution in [0.1, 0.15) is 20.3 Å². The molecule has 5 unspecified atom stereocenters. The molecule has 1 heterocycles. The van der Waals surface area contributed by atoms with E-state index < -0.39 is 42.0 Å². The van der Waals surface area contributed by atoms with Crippen LogP contribution in [0, 0.1) is 17.8 Å². The van der Waals surface area contributed by atoms with Crippen LogP contribution in [-0.4, -0.2) is 48.4 Å². The summed E-state index contributed by atoms with van der Waals surface area (Å²) in [4.78, 5) is 35.1. The molecule has 2 aliphatic rings. The summed E-state index contributed by atoms with van der Waals surface area (Å²) < 4.78 is 14.9. The molecule has 2 rings (SSSR count). The van der Waals surface area contributed by atoms with Crippen molar-refractivity contribution in [2.45, 2.75) is 32.5 Å². The third-order valence-electron chi connectivity index (χ3n) is 4.13. The number of hydrogen-bond acceptors (Lipinski definition) is 7. The second-order valence-corrected chi connectivity index (χ2v) is 5.78. The molecule has 122 valence electrons. The van der Waals surface area contributed by atoms with Crippen LogP contribution in [0.5, 0.6) is 0 Å². The predicted octanol–water partition coefficient (Wildman–Crippen LogP) is 0.207. The molecule has 0 radical (unpaired) electrons. The van der Waals surface area contributed by atoms with E-state index in [1.165, 1.54) is 6.92 Å². The van der Waals surface area contributed by atoms with Gasteiger partial charge in [-0.15, -0.1) is 0 Å². The topological polar surface area (TPSA) is 99.1 Å². The molecule has 5 atom stereocenters. The molecule has 2 fully saturated rings. The molecule has 1 aliphatic carbocycles. The maximum atomic E-state index is 12.1. The minimum Gasteiger partial charge on any atom is -0.462 e. The number of carbonyl (C=O) groups is 3. The third-order valence-corrected chi connectivity index (χ3v) is 4.13. The van der Waals surface area contributed by atoms with E-state index in [1.54, 1.807) is 6.92 Å². The lowest BCUT2D eigenvalue weighted by molar-refractivity contribution is -0.159. The minimum atomic E-state index is -0.864. The molecule has 0 spiro atoms. The SMILES string of the molecule is C=C(C)C(=O)OCCOC(=O)C1CC(O)C2OC(=O)C1C2C. The fourth-order valence-electron chi connectivity index (χ4n) is 2.99. The zero-order valence-electron chi connectivity index (χ0n) is 12.6. The summed E-state index contributed by atoms with van der Waals surface area (Å²) in [5, 5.41) is 9.94. The highest BCUT2D eigenvalue weighted by Gasteiger charge is 2.56. The summed E-state index contributed by atoms with van der Waals surface area (Å²) in [5.41, 5.74) is 0.260. The quantitative estimate of drug-likeness (QED) is 0.335. The van der Waals surface area contributed by atoms with E-state index in [0.29, 0.717) is 0 Å². The van der Waals surface area contributed by atoms with Gasteiger partial charge in [0.05, 0.1) is 17.9 Å². The van der Waals surface area contributed by atoms with Crippen molar-refractivity contribution in [1.82, 2.24) is 0 Å². The highest BCUT2D eigenvalue weighted by Crippen LogP contribution is 2.43. The van der Waals surface area contributed by atoms with Crippen LogP contribution in [0.2, 0.25) is 0 Å². The van der Waals surface area contributed by atoms with Gasteiger partial charge in [0.25, 0.3) is 0 Å². The van der Waals surface area contributed by atoms with E-state index in [2.05, 4.69) is 6.58 Å². The van der Waals surface area contributed by atoms with Crippen LogP contribution in [0.15, 0.2) is 12.2 Å². The monoisotopic (exact) mass is 312 g/mol. The van der Waals surface area contributed by atoms with Gasteiger partial charge in [-0.1, -0.05) is 13.5 Å². The molecule has 2 bridgehead atoms. The fourth-order valence-corrected chi connectivity index (χ4v) is 2.99. The summed E-state index contributed by atoms with van der Waals surface area (Å²) in [7, 11) is 0. The molecular weight excluding hydrogens is 292 g/mol. The number of rotatable bonds is 5. The number of ether oxygens (including phenoxy) is 3. The molecule has 0 aromatic rings. The molecule has 1 aliphatic heterocycles. The smallest absolute Gasteiger partial charge is 0.333 e. The normalized spacial score (nSPS) is 33.0. The minimum absolute atomic E-state index is 0.0833. The lowest BCUT2D eigenvalue weighted by Crippen LogP contribution is -2.44. The van der Waals surface area contributed by atoms with E-state index in [9.17, 15) is 19.5 Å². The van der Waals surface area contributed by atoms with Gasteiger partial charge in [-0.25, -0.2) is 4.79 Å². The van der Waals surface area contributed by atoms with Crippen LogP contribution in [0.25, 0.3) is 0 Å². The molecule has 7 nitrogen and oxygen atoms in total. The molecule has 22 heavy (non-hydrogen) atoms. The van der Waals surface area contributed by atoms with E-state index >= 15 is 0 Å². The van der Waals surface area contributed by atoms with Crippen molar-refractivity contribution in [3.63, 3.8) is 0 Å². The Morgan fingerprint density at radius 1 is 1.36 bits per heavy atom. The molecule has 1 saturated carbocycles. The van der Waals surface area contributed by atoms with Gasteiger partial charge in [-0.05, 0) is 13.3 Å². The number of aliphatic hydroxyl groups excluding tert-OH is 1. The predicted molar refractivity (Wildman–Crippen MR) is 73.4 cm³/mol. The number of carbonyl (C=O) groups excluding carboxylic acids is 3. The van der Waals surface area contributed by atoms with Crippen molar-refractivity contribution in [3.8, 4) is 0 Å². The lowest BCUT2D eigenvalue weighted by Gasteiger charge is -2.32. The Hall–Kier alpha value is -1.89. The van der Waals surface area contributed by atoms with Crippen molar-refractivity contribution < 1.29 is 33.7 Å². The Kier molecular flexibility index (Phi) is 4.85. The average Bonchev–Trinajstić information content (AvgIpc) is 2.66. The summed E-state index contributed by atoms with van der Waals surface area (Å²) in [6.07, 6.45) is -1.27. The van der Waals surface area contributed by atoms with Crippen molar-refractivity contribution in [1.29, 1.82) is 0 Å². The fraction of sp³-hybridized carbons (Fsp3) is 0.667. The van der Waals surface area contributed by atoms with Gasteiger partial charge in [0.15, 0.2) is 0 Å². The summed E-state index contributed by atoms with van der Waals surface area (Å²) in [6, 6.07) is 0. The van der Waals surface area contributed by atoms with Gasteiger partial charge >= 0.3 is 17.9 Å². The Balaban J connectivity index is 1.86. The standard InChI is InChI=1S/C15H20O7/c1-7(2)13(17)20-4-5-21-14(18)9-6-10(16)12-8(3)11(9)15(19)22-12/h8-12,16H,1,4-6H2,2-3H3. The molecule has 0 amide bonds. The van der Waals surface area contributed by atoms with Crippen LogP contribution in [0.4, 0.5) is 0 Å². The Labute approximate surface area is 128 Å². The van der Waals surface area contributed by atoms with E-state index in [4.69, 9.17) is 14.2 Å². The first-order valence-corrected chi connectivity index (χ1v) is 7.20. The second kappa shape index (κ2) is 6.48. The van der Waals surface area contributed by atoms with Gasteiger partial charge in [0.1, 0.15) is 19.3 Å². The van der Waals surface area contributed by atoms with Crippen LogP contribution in [-0.2, 0) is 28.6 Å². The van der Waals surface area contributed by atoms with Gasteiger partial charge in [-0.2, -0.15) is 0 Å². The summed E-state index contributed by atoms with van der Waals surface area (Å²) in [6.45, 7) is 6.53. The average molecular weight is 312 g/mol. The van der Waals surface area contributed by atoms with E-state index in [0.717, 1.165) is 0 Å². The van der Waals surface area contributed by atoms with Crippen LogP contribution >= 0.6 is 0 Å². The maximum Gasteiger partial charge on any atom is 0.333 e. The Morgan fingerprint density at radius 3 is 2.64 bits per heavy atom. The first-order chi connectivity index (χ1) is 10.3. The maximum absolute atomic E-state index is 12.1. The zero-order chi connectivity index (χ0) is 16.4.